The second-order valence-electron chi connectivity index (χ2n) is 9.09. The molecule has 0 radical (unpaired) electrons. The molecule has 0 bridgehead atoms. The van der Waals surface area contributed by atoms with Crippen LogP contribution in [0, 0.1) is 22.9 Å². The molecular formula is C23H25F4N3O7. The molecule has 14 heteroatoms. The zero-order chi connectivity index (χ0) is 28.3. The van der Waals surface area contributed by atoms with Gasteiger partial charge in [0.25, 0.3) is 5.60 Å². The third kappa shape index (κ3) is 7.12. The molecule has 0 aliphatic carbocycles. The van der Waals surface area contributed by atoms with Crippen molar-refractivity contribution in [2.45, 2.75) is 51.1 Å². The third-order valence-corrected chi connectivity index (χ3v) is 4.98. The Labute approximate surface area is 208 Å². The van der Waals surface area contributed by atoms with Crippen LogP contribution < -0.4 is 5.32 Å². The van der Waals surface area contributed by atoms with Crippen LogP contribution in [0.3, 0.4) is 0 Å². The fourth-order valence-electron chi connectivity index (χ4n) is 3.21. The van der Waals surface area contributed by atoms with Gasteiger partial charge in [0.15, 0.2) is 6.04 Å². The van der Waals surface area contributed by atoms with E-state index in [0.717, 1.165) is 19.2 Å². The summed E-state index contributed by atoms with van der Waals surface area (Å²) in [7, 11) is 0.956. The van der Waals surface area contributed by atoms with E-state index in [1.165, 1.54) is 39.8 Å². The van der Waals surface area contributed by atoms with E-state index < -0.39 is 58.5 Å². The highest BCUT2D eigenvalue weighted by atomic mass is 19.4. The first-order chi connectivity index (χ1) is 16.9. The SMILES string of the molecule is COC(=O)C(NC(=O)OC(C)(C)C)c1cc(-c2ccc(F)c(C)c2)nc(C(O)(C[N+](=O)[O-])C(F)(F)F)c1. The molecule has 2 unspecified atom stereocenters. The Balaban J connectivity index is 2.82. The van der Waals surface area contributed by atoms with Crippen LogP contribution in [0.5, 0.6) is 0 Å². The second kappa shape index (κ2) is 10.7. The zero-order valence-electron chi connectivity index (χ0n) is 20.5. The quantitative estimate of drug-likeness (QED) is 0.237. The van der Waals surface area contributed by atoms with Crippen molar-refractivity contribution < 1.29 is 46.7 Å². The number of rotatable bonds is 7. The summed E-state index contributed by atoms with van der Waals surface area (Å²) in [6, 6.07) is 3.35. The maximum atomic E-state index is 13.9. The van der Waals surface area contributed by atoms with Crippen molar-refractivity contribution in [3.63, 3.8) is 0 Å². The highest BCUT2D eigenvalue weighted by Crippen LogP contribution is 2.40. The van der Waals surface area contributed by atoms with E-state index in [0.29, 0.717) is 6.07 Å². The smallest absolute Gasteiger partial charge is 0.429 e. The number of hydrogen-bond acceptors (Lipinski definition) is 8. The highest BCUT2D eigenvalue weighted by Gasteiger charge is 2.60. The number of amides is 1. The number of nitrogens with zero attached hydrogens (tertiary/aromatic N) is 2. The van der Waals surface area contributed by atoms with Gasteiger partial charge in [0.2, 0.25) is 6.54 Å². The number of halogens is 4. The molecule has 2 N–H and O–H groups in total. The van der Waals surface area contributed by atoms with Crippen LogP contribution in [0.15, 0.2) is 30.3 Å². The van der Waals surface area contributed by atoms with Crippen LogP contribution in [-0.2, 0) is 19.9 Å². The Hall–Kier alpha value is -3.81. The number of aromatic nitrogens is 1. The molecule has 2 aromatic rings. The minimum atomic E-state index is -5.57. The lowest BCUT2D eigenvalue weighted by atomic mass is 9.93. The van der Waals surface area contributed by atoms with Crippen molar-refractivity contribution in [1.82, 2.24) is 10.3 Å². The number of methoxy groups -OCH3 is 1. The summed E-state index contributed by atoms with van der Waals surface area (Å²) in [5.41, 5.74) is -6.83. The largest absolute Gasteiger partial charge is 0.467 e. The molecule has 1 amide bonds. The number of esters is 1. The predicted octanol–water partition coefficient (Wildman–Crippen LogP) is 3.96. The molecule has 0 saturated heterocycles. The van der Waals surface area contributed by atoms with Gasteiger partial charge in [-0.2, -0.15) is 13.2 Å². The van der Waals surface area contributed by atoms with Crippen LogP contribution in [0.25, 0.3) is 11.3 Å². The molecule has 202 valence electrons. The first kappa shape index (κ1) is 29.4. The number of aryl methyl sites for hydroxylation is 1. The lowest BCUT2D eigenvalue weighted by Gasteiger charge is -2.28. The summed E-state index contributed by atoms with van der Waals surface area (Å²) in [4.78, 5) is 38.4. The average Bonchev–Trinajstić information content (AvgIpc) is 2.76. The Kier molecular flexibility index (Phi) is 8.48. The minimum absolute atomic E-state index is 0.0634. The maximum Gasteiger partial charge on any atom is 0.429 e. The molecule has 2 rings (SSSR count). The van der Waals surface area contributed by atoms with Gasteiger partial charge >= 0.3 is 18.2 Å². The standard InChI is InChI=1S/C23H25F4N3O7/c1-12-8-13(6-7-15(12)24)16-9-14(18(19(31)36-5)29-20(32)37-21(2,3)4)10-17(28-16)22(33,11-30(34)35)23(25,26)27/h6-10,18,33H,11H2,1-5H3,(H,29,32). The van der Waals surface area contributed by atoms with E-state index >= 15 is 0 Å². The van der Waals surface area contributed by atoms with Gasteiger partial charge < -0.3 is 19.9 Å². The number of benzene rings is 1. The number of alkyl halides is 3. The first-order valence-corrected chi connectivity index (χ1v) is 10.6. The van der Waals surface area contributed by atoms with Gasteiger partial charge in [-0.3, -0.25) is 10.1 Å². The Morgan fingerprint density at radius 3 is 2.30 bits per heavy atom. The van der Waals surface area contributed by atoms with Gasteiger partial charge in [-0.25, -0.2) is 19.0 Å². The van der Waals surface area contributed by atoms with Crippen molar-refractivity contribution in [3.8, 4) is 11.3 Å². The fourth-order valence-corrected chi connectivity index (χ4v) is 3.21. The first-order valence-electron chi connectivity index (χ1n) is 10.6. The number of carbonyl (C=O) groups excluding carboxylic acids is 2. The number of alkyl carbamates (subject to hydrolysis) is 1. The Bertz CT molecular complexity index is 1200. The normalized spacial score (nSPS) is 14.3. The van der Waals surface area contributed by atoms with Crippen LogP contribution in [0.4, 0.5) is 22.4 Å². The number of hydrogen-bond donors (Lipinski definition) is 2. The summed E-state index contributed by atoms with van der Waals surface area (Å²) >= 11 is 0. The summed E-state index contributed by atoms with van der Waals surface area (Å²) in [5.74, 6) is -1.76. The van der Waals surface area contributed by atoms with Gasteiger partial charge in [-0.15, -0.1) is 0 Å². The number of nitrogens with one attached hydrogen (secondary N) is 1. The lowest BCUT2D eigenvalue weighted by molar-refractivity contribution is -0.519. The van der Waals surface area contributed by atoms with Crippen molar-refractivity contribution in [3.05, 3.63) is 63.1 Å². The Morgan fingerprint density at radius 2 is 1.81 bits per heavy atom. The average molecular weight is 531 g/mol. The monoisotopic (exact) mass is 531 g/mol. The molecule has 0 fully saturated rings. The number of carbonyl (C=O) groups is 2. The molecular weight excluding hydrogens is 506 g/mol. The molecule has 0 aliphatic rings. The second-order valence-corrected chi connectivity index (χ2v) is 9.09. The highest BCUT2D eigenvalue weighted by molar-refractivity contribution is 5.83. The van der Waals surface area contributed by atoms with E-state index in [1.54, 1.807) is 0 Å². The van der Waals surface area contributed by atoms with Crippen molar-refractivity contribution in [2.24, 2.45) is 0 Å². The molecule has 0 spiro atoms. The van der Waals surface area contributed by atoms with Crippen LogP contribution in [0.1, 0.15) is 43.6 Å². The molecule has 1 heterocycles. The molecule has 1 aromatic heterocycles. The van der Waals surface area contributed by atoms with E-state index in [-0.39, 0.29) is 22.4 Å². The summed E-state index contributed by atoms with van der Waals surface area (Å²) in [6.07, 6.45) is -6.70. The van der Waals surface area contributed by atoms with Crippen LogP contribution in [0.2, 0.25) is 0 Å². The number of ether oxygens (including phenoxy) is 2. The molecule has 10 nitrogen and oxygen atoms in total. The number of aliphatic hydroxyl groups is 1. The minimum Gasteiger partial charge on any atom is -0.467 e. The van der Waals surface area contributed by atoms with Crippen LogP contribution in [-0.4, -0.2) is 52.5 Å². The van der Waals surface area contributed by atoms with Crippen molar-refractivity contribution in [1.29, 1.82) is 0 Å². The molecule has 0 saturated carbocycles. The summed E-state index contributed by atoms with van der Waals surface area (Å²) < 4.78 is 65.4. The third-order valence-electron chi connectivity index (χ3n) is 4.98. The maximum absolute atomic E-state index is 13.9. The number of nitro groups is 1. The van der Waals surface area contributed by atoms with Gasteiger partial charge in [0, 0.05) is 10.5 Å². The van der Waals surface area contributed by atoms with Crippen molar-refractivity contribution >= 4 is 12.1 Å². The molecule has 1 aromatic carbocycles. The van der Waals surface area contributed by atoms with E-state index in [4.69, 9.17) is 4.74 Å². The molecule has 0 aliphatic heterocycles. The molecule has 2 atom stereocenters. The fraction of sp³-hybridized carbons (Fsp3) is 0.435. The van der Waals surface area contributed by atoms with E-state index in [1.807, 2.05) is 0 Å². The zero-order valence-corrected chi connectivity index (χ0v) is 20.5. The van der Waals surface area contributed by atoms with E-state index in [2.05, 4.69) is 15.0 Å². The predicted molar refractivity (Wildman–Crippen MR) is 120 cm³/mol. The number of pyridine rings is 1. The van der Waals surface area contributed by atoms with Crippen LogP contribution >= 0.6 is 0 Å². The molecule has 37 heavy (non-hydrogen) atoms. The van der Waals surface area contributed by atoms with Crippen molar-refractivity contribution in [2.75, 3.05) is 13.7 Å². The van der Waals surface area contributed by atoms with Gasteiger partial charge in [0.05, 0.1) is 18.5 Å². The lowest BCUT2D eigenvalue weighted by Crippen LogP contribution is -2.48. The van der Waals surface area contributed by atoms with E-state index in [9.17, 15) is 42.4 Å². The van der Waals surface area contributed by atoms with Gasteiger partial charge in [0.1, 0.15) is 11.4 Å². The summed E-state index contributed by atoms with van der Waals surface area (Å²) in [5, 5.41) is 23.7. The van der Waals surface area contributed by atoms with Gasteiger partial charge in [-0.1, -0.05) is 0 Å². The topological polar surface area (TPSA) is 141 Å². The summed E-state index contributed by atoms with van der Waals surface area (Å²) in [6.45, 7) is 3.96. The van der Waals surface area contributed by atoms with Gasteiger partial charge in [-0.05, 0) is 69.2 Å². The Morgan fingerprint density at radius 1 is 1.19 bits per heavy atom.